The maximum atomic E-state index is 12.8. The summed E-state index contributed by atoms with van der Waals surface area (Å²) < 4.78 is 33.6. The molecule has 1 heterocycles. The molecule has 7 nitrogen and oxygen atoms in total. The Morgan fingerprint density at radius 1 is 1.03 bits per heavy atom. The summed E-state index contributed by atoms with van der Waals surface area (Å²) in [4.78, 5) is 15.1. The fraction of sp³-hybridized carbons (Fsp3) is 0.720. The van der Waals surface area contributed by atoms with Gasteiger partial charge < -0.3 is 15.0 Å². The van der Waals surface area contributed by atoms with Gasteiger partial charge in [0.2, 0.25) is 15.9 Å². The molecule has 33 heavy (non-hydrogen) atoms. The number of rotatable bonds is 8. The second kappa shape index (κ2) is 10.7. The molecule has 3 rings (SSSR count). The van der Waals surface area contributed by atoms with Gasteiger partial charge in [-0.25, -0.2) is 13.1 Å². The SMILES string of the molecule is CCC(C)(CC)S(=O)(=O)NC1CCC(C(=O)Nc2ccc(N3CC(C)O[C@@H](C)C3)cc2)CC1. The molecule has 2 atom stereocenters. The predicted molar refractivity (Wildman–Crippen MR) is 134 cm³/mol. The third-order valence-electron chi connectivity index (χ3n) is 7.48. The van der Waals surface area contributed by atoms with Gasteiger partial charge in [-0.1, -0.05) is 13.8 Å². The monoisotopic (exact) mass is 479 g/mol. The first-order chi connectivity index (χ1) is 15.6. The van der Waals surface area contributed by atoms with Crippen LogP contribution in [0, 0.1) is 5.92 Å². The molecule has 1 aromatic carbocycles. The van der Waals surface area contributed by atoms with E-state index in [1.807, 2.05) is 38.1 Å². The Kier molecular flexibility index (Phi) is 8.45. The lowest BCUT2D eigenvalue weighted by atomic mass is 9.86. The van der Waals surface area contributed by atoms with Gasteiger partial charge >= 0.3 is 0 Å². The summed E-state index contributed by atoms with van der Waals surface area (Å²) in [5, 5.41) is 3.04. The fourth-order valence-electron chi connectivity index (χ4n) is 4.85. The zero-order chi connectivity index (χ0) is 24.2. The van der Waals surface area contributed by atoms with E-state index in [1.165, 1.54) is 0 Å². The zero-order valence-electron chi connectivity index (χ0n) is 20.8. The molecule has 0 aromatic heterocycles. The molecule has 2 N–H and O–H groups in total. The van der Waals surface area contributed by atoms with Crippen molar-refractivity contribution >= 4 is 27.3 Å². The molecule has 0 spiro atoms. The van der Waals surface area contributed by atoms with Crippen molar-refractivity contribution in [2.45, 2.75) is 96.1 Å². The number of morpholine rings is 1. The molecule has 0 radical (unpaired) electrons. The smallest absolute Gasteiger partial charge is 0.227 e. The van der Waals surface area contributed by atoms with Crippen LogP contribution in [0.3, 0.4) is 0 Å². The number of carbonyl (C=O) groups excluding carboxylic acids is 1. The molecule has 1 aliphatic carbocycles. The lowest BCUT2D eigenvalue weighted by Gasteiger charge is -2.37. The highest BCUT2D eigenvalue weighted by Crippen LogP contribution is 2.30. The number of benzene rings is 1. The van der Waals surface area contributed by atoms with Gasteiger partial charge in [-0.3, -0.25) is 4.79 Å². The molecule has 1 saturated carbocycles. The Bertz CT molecular complexity index is 881. The first-order valence-electron chi connectivity index (χ1n) is 12.4. The van der Waals surface area contributed by atoms with Crippen molar-refractivity contribution < 1.29 is 17.9 Å². The summed E-state index contributed by atoms with van der Waals surface area (Å²) in [5.41, 5.74) is 1.93. The molecule has 1 aromatic rings. The van der Waals surface area contributed by atoms with E-state index in [-0.39, 0.29) is 30.1 Å². The summed E-state index contributed by atoms with van der Waals surface area (Å²) in [6, 6.07) is 7.91. The average Bonchev–Trinajstić information content (AvgIpc) is 2.78. The Labute approximate surface area is 199 Å². The van der Waals surface area contributed by atoms with Gasteiger partial charge in [0.05, 0.1) is 17.0 Å². The molecule has 8 heteroatoms. The van der Waals surface area contributed by atoms with Crippen LogP contribution in [0.25, 0.3) is 0 Å². The van der Waals surface area contributed by atoms with E-state index in [0.717, 1.165) is 24.5 Å². The minimum absolute atomic E-state index is 0.0182. The van der Waals surface area contributed by atoms with Crippen LogP contribution in [0.1, 0.15) is 73.1 Å². The van der Waals surface area contributed by atoms with E-state index in [9.17, 15) is 13.2 Å². The number of amides is 1. The number of sulfonamides is 1. The number of hydrogen-bond donors (Lipinski definition) is 2. The lowest BCUT2D eigenvalue weighted by molar-refractivity contribution is -0.120. The van der Waals surface area contributed by atoms with Gasteiger partial charge in [0.1, 0.15) is 0 Å². The number of ether oxygens (including phenoxy) is 1. The molecular weight excluding hydrogens is 438 g/mol. The van der Waals surface area contributed by atoms with E-state index < -0.39 is 14.8 Å². The minimum atomic E-state index is -3.39. The van der Waals surface area contributed by atoms with E-state index in [0.29, 0.717) is 38.5 Å². The zero-order valence-corrected chi connectivity index (χ0v) is 21.6. The molecule has 1 saturated heterocycles. The standard InChI is InChI=1S/C25H41N3O4S/c1-6-25(5,7-2)33(30,31)27-22-10-8-20(9-11-22)24(29)26-21-12-14-23(15-13-21)28-16-18(3)32-19(4)17-28/h12-15,18-20,22,27H,6-11,16-17H2,1-5H3,(H,26,29)/t18-,19?,20?,22?/m0/s1. The topological polar surface area (TPSA) is 87.7 Å². The van der Waals surface area contributed by atoms with Crippen molar-refractivity contribution in [3.8, 4) is 0 Å². The van der Waals surface area contributed by atoms with Crippen LogP contribution >= 0.6 is 0 Å². The van der Waals surface area contributed by atoms with Gasteiger partial charge in [-0.15, -0.1) is 0 Å². The lowest BCUT2D eigenvalue weighted by Crippen LogP contribution is -2.48. The number of anilines is 2. The Morgan fingerprint density at radius 3 is 2.09 bits per heavy atom. The number of nitrogens with one attached hydrogen (secondary N) is 2. The molecule has 1 aliphatic heterocycles. The van der Waals surface area contributed by atoms with Crippen molar-refractivity contribution in [1.82, 2.24) is 4.72 Å². The Morgan fingerprint density at radius 2 is 1.58 bits per heavy atom. The van der Waals surface area contributed by atoms with E-state index in [2.05, 4.69) is 28.8 Å². The van der Waals surface area contributed by atoms with Gasteiger partial charge in [0, 0.05) is 36.4 Å². The summed E-state index contributed by atoms with van der Waals surface area (Å²) >= 11 is 0. The fourth-order valence-corrected chi connectivity index (χ4v) is 6.57. The first kappa shape index (κ1) is 26.0. The third kappa shape index (κ3) is 6.28. The summed E-state index contributed by atoms with van der Waals surface area (Å²) in [7, 11) is -3.39. The van der Waals surface area contributed by atoms with Gasteiger partial charge in [-0.05, 0) is 83.6 Å². The van der Waals surface area contributed by atoms with E-state index in [1.54, 1.807) is 6.92 Å². The predicted octanol–water partition coefficient (Wildman–Crippen LogP) is 4.30. The van der Waals surface area contributed by atoms with Crippen LogP contribution in [0.4, 0.5) is 11.4 Å². The molecule has 186 valence electrons. The van der Waals surface area contributed by atoms with Crippen molar-refractivity contribution in [2.24, 2.45) is 5.92 Å². The third-order valence-corrected chi connectivity index (χ3v) is 10.0. The minimum Gasteiger partial charge on any atom is -0.372 e. The maximum absolute atomic E-state index is 12.8. The second-order valence-corrected chi connectivity index (χ2v) is 12.3. The molecule has 0 bridgehead atoms. The summed E-state index contributed by atoms with van der Waals surface area (Å²) in [6.45, 7) is 11.5. The summed E-state index contributed by atoms with van der Waals surface area (Å²) in [6.07, 6.45) is 4.32. The largest absolute Gasteiger partial charge is 0.372 e. The normalized spacial score (nSPS) is 26.8. The van der Waals surface area contributed by atoms with Gasteiger partial charge in [0.15, 0.2) is 0 Å². The Balaban J connectivity index is 1.50. The van der Waals surface area contributed by atoms with Crippen molar-refractivity contribution in [3.05, 3.63) is 24.3 Å². The van der Waals surface area contributed by atoms with Gasteiger partial charge in [-0.2, -0.15) is 0 Å². The quantitative estimate of drug-likeness (QED) is 0.581. The number of carbonyl (C=O) groups is 1. The van der Waals surface area contributed by atoms with Crippen LogP contribution in [-0.2, 0) is 19.6 Å². The second-order valence-electron chi connectivity index (χ2n) is 10.0. The first-order valence-corrected chi connectivity index (χ1v) is 13.9. The van der Waals surface area contributed by atoms with Crippen molar-refractivity contribution in [2.75, 3.05) is 23.3 Å². The number of nitrogens with zero attached hydrogens (tertiary/aromatic N) is 1. The molecule has 1 amide bonds. The number of hydrogen-bond acceptors (Lipinski definition) is 5. The van der Waals surface area contributed by atoms with Crippen LogP contribution in [0.15, 0.2) is 24.3 Å². The molecule has 2 fully saturated rings. The highest BCUT2D eigenvalue weighted by atomic mass is 32.2. The van der Waals surface area contributed by atoms with E-state index >= 15 is 0 Å². The van der Waals surface area contributed by atoms with Crippen molar-refractivity contribution in [1.29, 1.82) is 0 Å². The highest BCUT2D eigenvalue weighted by molar-refractivity contribution is 7.90. The van der Waals surface area contributed by atoms with Crippen LogP contribution in [0.5, 0.6) is 0 Å². The van der Waals surface area contributed by atoms with E-state index in [4.69, 9.17) is 4.74 Å². The highest BCUT2D eigenvalue weighted by Gasteiger charge is 2.38. The van der Waals surface area contributed by atoms with Crippen molar-refractivity contribution in [3.63, 3.8) is 0 Å². The van der Waals surface area contributed by atoms with Crippen LogP contribution < -0.4 is 14.9 Å². The maximum Gasteiger partial charge on any atom is 0.227 e. The average molecular weight is 480 g/mol. The van der Waals surface area contributed by atoms with Crippen LogP contribution in [0.2, 0.25) is 0 Å². The molecule has 1 unspecified atom stereocenters. The molecule has 2 aliphatic rings. The Hall–Kier alpha value is -1.64. The van der Waals surface area contributed by atoms with Gasteiger partial charge in [0.25, 0.3) is 0 Å². The molecular formula is C25H41N3O4S. The van der Waals surface area contributed by atoms with Crippen LogP contribution in [-0.4, -0.2) is 50.4 Å². The summed E-state index contributed by atoms with van der Waals surface area (Å²) in [5.74, 6) is -0.0697.